The molecule has 0 amide bonds. The standard InChI is InChI=1S/C17H20ClN3O2.HI/c1-23-16-9-6-13(11-15(16)18)21-17(19)20-10-2-3-12-4-7-14(22)8-5-12;/h4-9,11,22H,2-3,10H2,1H3,(H3,19,20,21);1H. The molecular weight excluding hydrogens is 441 g/mol. The first-order valence-corrected chi connectivity index (χ1v) is 7.64. The van der Waals surface area contributed by atoms with Gasteiger partial charge < -0.3 is 20.9 Å². The van der Waals surface area contributed by atoms with Crippen molar-refractivity contribution in [3.05, 3.63) is 53.1 Å². The summed E-state index contributed by atoms with van der Waals surface area (Å²) in [7, 11) is 1.57. The Morgan fingerprint density at radius 1 is 1.25 bits per heavy atom. The largest absolute Gasteiger partial charge is 0.508 e. The molecule has 0 bridgehead atoms. The van der Waals surface area contributed by atoms with Gasteiger partial charge in [0.15, 0.2) is 5.96 Å². The number of benzene rings is 2. The maximum absolute atomic E-state index is 9.23. The Labute approximate surface area is 163 Å². The molecule has 0 aromatic heterocycles. The smallest absolute Gasteiger partial charge is 0.193 e. The quantitative estimate of drug-likeness (QED) is 0.263. The summed E-state index contributed by atoms with van der Waals surface area (Å²) < 4.78 is 5.10. The van der Waals surface area contributed by atoms with E-state index in [2.05, 4.69) is 10.3 Å². The predicted molar refractivity (Wildman–Crippen MR) is 110 cm³/mol. The van der Waals surface area contributed by atoms with E-state index in [1.54, 1.807) is 31.4 Å². The van der Waals surface area contributed by atoms with Crippen LogP contribution in [0.1, 0.15) is 12.0 Å². The number of hydrogen-bond donors (Lipinski definition) is 3. The summed E-state index contributed by atoms with van der Waals surface area (Å²) in [6.07, 6.45) is 1.75. The molecule has 2 rings (SSSR count). The Kier molecular flexibility index (Phi) is 8.70. The van der Waals surface area contributed by atoms with Crippen LogP contribution in [0.15, 0.2) is 47.5 Å². The fourth-order valence-corrected chi connectivity index (χ4v) is 2.33. The van der Waals surface area contributed by atoms with Gasteiger partial charge in [-0.1, -0.05) is 23.7 Å². The molecule has 0 unspecified atom stereocenters. The molecule has 0 saturated heterocycles. The molecule has 130 valence electrons. The number of nitrogens with zero attached hydrogens (tertiary/aromatic N) is 1. The number of ether oxygens (including phenoxy) is 1. The minimum absolute atomic E-state index is 0. The molecule has 0 aliphatic carbocycles. The van der Waals surface area contributed by atoms with Gasteiger partial charge in [-0.25, -0.2) is 0 Å². The van der Waals surface area contributed by atoms with Gasteiger partial charge in [-0.3, -0.25) is 4.99 Å². The topological polar surface area (TPSA) is 79.9 Å². The van der Waals surface area contributed by atoms with Crippen LogP contribution in [0.4, 0.5) is 5.69 Å². The first kappa shape index (κ1) is 20.4. The molecule has 0 spiro atoms. The van der Waals surface area contributed by atoms with Crippen LogP contribution in [0, 0.1) is 0 Å². The number of aryl methyl sites for hydroxylation is 1. The Morgan fingerprint density at radius 2 is 1.96 bits per heavy atom. The van der Waals surface area contributed by atoms with Crippen molar-refractivity contribution < 1.29 is 9.84 Å². The van der Waals surface area contributed by atoms with Crippen LogP contribution < -0.4 is 15.8 Å². The van der Waals surface area contributed by atoms with Gasteiger partial charge in [0.25, 0.3) is 0 Å². The number of rotatable bonds is 6. The molecule has 7 heteroatoms. The van der Waals surface area contributed by atoms with Crippen LogP contribution >= 0.6 is 35.6 Å². The average Bonchev–Trinajstić information content (AvgIpc) is 2.53. The van der Waals surface area contributed by atoms with Crippen molar-refractivity contribution in [1.29, 1.82) is 0 Å². The number of aliphatic imine (C=N–C) groups is 1. The maximum atomic E-state index is 9.23. The van der Waals surface area contributed by atoms with E-state index in [1.165, 1.54) is 0 Å². The van der Waals surface area contributed by atoms with Gasteiger partial charge in [0, 0.05) is 12.2 Å². The zero-order valence-electron chi connectivity index (χ0n) is 13.3. The molecular formula is C17H21ClIN3O2. The molecule has 0 saturated carbocycles. The average molecular weight is 462 g/mol. The second-order valence-corrected chi connectivity index (χ2v) is 5.42. The highest BCUT2D eigenvalue weighted by Gasteiger charge is 2.02. The van der Waals surface area contributed by atoms with Crippen molar-refractivity contribution in [3.63, 3.8) is 0 Å². The molecule has 2 aromatic rings. The van der Waals surface area contributed by atoms with Crippen molar-refractivity contribution in [2.45, 2.75) is 12.8 Å². The van der Waals surface area contributed by atoms with Gasteiger partial charge >= 0.3 is 0 Å². The Balaban J connectivity index is 0.00000288. The summed E-state index contributed by atoms with van der Waals surface area (Å²) in [5, 5.41) is 12.7. The van der Waals surface area contributed by atoms with Crippen LogP contribution in [-0.2, 0) is 6.42 Å². The lowest BCUT2D eigenvalue weighted by Gasteiger charge is -2.08. The number of methoxy groups -OCH3 is 1. The molecule has 5 nitrogen and oxygen atoms in total. The third-order valence-corrected chi connectivity index (χ3v) is 3.56. The number of phenolic OH excluding ortho intramolecular Hbond substituents is 1. The number of phenols is 1. The number of guanidine groups is 1. The highest BCUT2D eigenvalue weighted by Crippen LogP contribution is 2.27. The summed E-state index contributed by atoms with van der Waals surface area (Å²) in [5.41, 5.74) is 7.78. The number of nitrogens with two attached hydrogens (primary N) is 1. The SMILES string of the molecule is COc1ccc(NC(N)=NCCCc2ccc(O)cc2)cc1Cl.I. The summed E-state index contributed by atoms with van der Waals surface area (Å²) in [5.74, 6) is 1.23. The van der Waals surface area contributed by atoms with Crippen LogP contribution in [0.25, 0.3) is 0 Å². The zero-order chi connectivity index (χ0) is 16.7. The highest BCUT2D eigenvalue weighted by molar-refractivity contribution is 14.0. The molecule has 0 fully saturated rings. The second-order valence-electron chi connectivity index (χ2n) is 5.01. The lowest BCUT2D eigenvalue weighted by molar-refractivity contribution is 0.415. The normalized spacial score (nSPS) is 10.8. The van der Waals surface area contributed by atoms with Crippen molar-refractivity contribution >= 4 is 47.2 Å². The van der Waals surface area contributed by atoms with Gasteiger partial charge in [0.1, 0.15) is 11.5 Å². The molecule has 4 N–H and O–H groups in total. The van der Waals surface area contributed by atoms with Crippen LogP contribution in [0.3, 0.4) is 0 Å². The summed E-state index contributed by atoms with van der Waals surface area (Å²) in [4.78, 5) is 4.28. The Hall–Kier alpha value is -1.67. The van der Waals surface area contributed by atoms with Gasteiger partial charge in [0.05, 0.1) is 12.1 Å². The third kappa shape index (κ3) is 6.45. The van der Waals surface area contributed by atoms with Crippen molar-refractivity contribution in [2.75, 3.05) is 19.0 Å². The number of aromatic hydroxyl groups is 1. The van der Waals surface area contributed by atoms with Crippen LogP contribution in [0.5, 0.6) is 11.5 Å². The number of anilines is 1. The third-order valence-electron chi connectivity index (χ3n) is 3.27. The lowest BCUT2D eigenvalue weighted by atomic mass is 10.1. The van der Waals surface area contributed by atoms with Gasteiger partial charge in [-0.15, -0.1) is 24.0 Å². The molecule has 0 atom stereocenters. The molecule has 24 heavy (non-hydrogen) atoms. The van der Waals surface area contributed by atoms with Crippen molar-refractivity contribution in [2.24, 2.45) is 10.7 Å². The van der Waals surface area contributed by atoms with E-state index in [4.69, 9.17) is 22.1 Å². The van der Waals surface area contributed by atoms with E-state index < -0.39 is 0 Å². The van der Waals surface area contributed by atoms with Crippen molar-refractivity contribution in [3.8, 4) is 11.5 Å². The monoisotopic (exact) mass is 461 g/mol. The fourth-order valence-electron chi connectivity index (χ4n) is 2.08. The van der Waals surface area contributed by atoms with Gasteiger partial charge in [-0.05, 0) is 48.7 Å². The Bertz CT molecular complexity index is 678. The van der Waals surface area contributed by atoms with E-state index in [9.17, 15) is 5.11 Å². The van der Waals surface area contributed by atoms with E-state index in [-0.39, 0.29) is 29.7 Å². The molecule has 2 aromatic carbocycles. The molecule has 0 radical (unpaired) electrons. The first-order chi connectivity index (χ1) is 11.1. The van der Waals surface area contributed by atoms with E-state index in [0.29, 0.717) is 23.3 Å². The number of hydrogen-bond acceptors (Lipinski definition) is 3. The molecule has 0 aliphatic rings. The van der Waals surface area contributed by atoms with Crippen molar-refractivity contribution in [1.82, 2.24) is 0 Å². The summed E-state index contributed by atoms with van der Waals surface area (Å²) >= 11 is 6.06. The van der Waals surface area contributed by atoms with E-state index >= 15 is 0 Å². The minimum Gasteiger partial charge on any atom is -0.508 e. The minimum atomic E-state index is 0. The highest BCUT2D eigenvalue weighted by atomic mass is 127. The molecule has 0 heterocycles. The fraction of sp³-hybridized carbons (Fsp3) is 0.235. The summed E-state index contributed by atoms with van der Waals surface area (Å²) in [6, 6.07) is 12.5. The lowest BCUT2D eigenvalue weighted by Crippen LogP contribution is -2.22. The number of nitrogens with one attached hydrogen (secondary N) is 1. The van der Waals surface area contributed by atoms with Crippen LogP contribution in [-0.4, -0.2) is 24.7 Å². The first-order valence-electron chi connectivity index (χ1n) is 7.27. The zero-order valence-corrected chi connectivity index (χ0v) is 16.4. The van der Waals surface area contributed by atoms with Gasteiger partial charge in [-0.2, -0.15) is 0 Å². The maximum Gasteiger partial charge on any atom is 0.193 e. The Morgan fingerprint density at radius 3 is 2.58 bits per heavy atom. The predicted octanol–water partition coefficient (Wildman–Crippen LogP) is 4.03. The van der Waals surface area contributed by atoms with Crippen LogP contribution in [0.2, 0.25) is 5.02 Å². The summed E-state index contributed by atoms with van der Waals surface area (Å²) in [6.45, 7) is 0.615. The number of halogens is 2. The van der Waals surface area contributed by atoms with Gasteiger partial charge in [0.2, 0.25) is 0 Å². The van der Waals surface area contributed by atoms with E-state index in [0.717, 1.165) is 24.1 Å². The second kappa shape index (κ2) is 10.2. The molecule has 0 aliphatic heterocycles. The van der Waals surface area contributed by atoms with E-state index in [1.807, 2.05) is 18.2 Å².